The molecule has 0 saturated carbocycles. The molecule has 11 heteroatoms. The van der Waals surface area contributed by atoms with Gasteiger partial charge in [-0.3, -0.25) is 0 Å². The van der Waals surface area contributed by atoms with Crippen LogP contribution in [0.3, 0.4) is 0 Å². The fourth-order valence-electron chi connectivity index (χ4n) is 4.49. The van der Waals surface area contributed by atoms with Gasteiger partial charge in [0.1, 0.15) is 11.6 Å². The maximum atomic E-state index is 12.8. The second-order valence-corrected chi connectivity index (χ2v) is 9.84. The summed E-state index contributed by atoms with van der Waals surface area (Å²) in [6.45, 7) is 5.62. The highest BCUT2D eigenvalue weighted by Crippen LogP contribution is 2.34. The van der Waals surface area contributed by atoms with Gasteiger partial charge in [-0.05, 0) is 34.9 Å². The number of ether oxygens (including phenoxy) is 1. The van der Waals surface area contributed by atoms with Crippen molar-refractivity contribution in [3.8, 4) is 28.4 Å². The number of nitrogens with one attached hydrogen (secondary N) is 2. The first-order chi connectivity index (χ1) is 19.7. The Hall–Kier alpha value is -4.93. The summed E-state index contributed by atoms with van der Waals surface area (Å²) in [5.41, 5.74) is 4.33. The molecule has 0 spiro atoms. The number of hydrogen-bond donors (Lipinski definition) is 2. The van der Waals surface area contributed by atoms with Gasteiger partial charge in [-0.25, -0.2) is 4.98 Å². The lowest BCUT2D eigenvalue weighted by Gasteiger charge is -2.27. The summed E-state index contributed by atoms with van der Waals surface area (Å²) in [5.74, 6) is 1.14. The van der Waals surface area contributed by atoms with Crippen molar-refractivity contribution in [3.05, 3.63) is 96.6 Å². The number of anilines is 3. The van der Waals surface area contributed by atoms with Crippen molar-refractivity contribution in [1.29, 1.82) is 0 Å². The van der Waals surface area contributed by atoms with Crippen LogP contribution in [0.15, 0.2) is 91.0 Å². The minimum atomic E-state index is -4.79. The maximum Gasteiger partial charge on any atom is 0.573 e. The zero-order valence-electron chi connectivity index (χ0n) is 22.4. The van der Waals surface area contributed by atoms with Crippen LogP contribution < -0.4 is 15.0 Å². The average molecular weight is 560 g/mol. The normalized spacial score (nSPS) is 11.5. The Bertz CT molecular complexity index is 1580. The zero-order valence-corrected chi connectivity index (χ0v) is 22.4. The molecule has 0 aliphatic carbocycles. The predicted molar refractivity (Wildman–Crippen MR) is 152 cm³/mol. The number of H-pyrrole nitrogens is 1. The Kier molecular flexibility index (Phi) is 8.14. The highest BCUT2D eigenvalue weighted by molar-refractivity contribution is 5.81. The van der Waals surface area contributed by atoms with E-state index in [4.69, 9.17) is 4.98 Å². The second-order valence-electron chi connectivity index (χ2n) is 9.84. The largest absolute Gasteiger partial charge is 0.573 e. The molecule has 0 aliphatic heterocycles. The zero-order chi connectivity index (χ0) is 28.8. The molecule has 2 heterocycles. The molecule has 3 aromatic carbocycles. The Labute approximate surface area is 235 Å². The van der Waals surface area contributed by atoms with E-state index in [-0.39, 0.29) is 5.75 Å². The highest BCUT2D eigenvalue weighted by atomic mass is 19.4. The molecule has 0 amide bonds. The average Bonchev–Trinajstić information content (AvgIpc) is 3.47. The Morgan fingerprint density at radius 3 is 2.34 bits per heavy atom. The first kappa shape index (κ1) is 27.6. The van der Waals surface area contributed by atoms with Crippen molar-refractivity contribution in [3.63, 3.8) is 0 Å². The lowest BCUT2D eigenvalue weighted by Crippen LogP contribution is -2.28. The summed E-state index contributed by atoms with van der Waals surface area (Å²) in [5, 5.41) is 17.7. The van der Waals surface area contributed by atoms with Gasteiger partial charge in [0, 0.05) is 47.7 Å². The van der Waals surface area contributed by atoms with Crippen LogP contribution in [-0.2, 0) is 6.54 Å². The molecule has 0 radical (unpaired) electrons. The molecule has 5 rings (SSSR count). The van der Waals surface area contributed by atoms with Crippen molar-refractivity contribution >= 4 is 17.2 Å². The minimum absolute atomic E-state index is 0.315. The molecular formula is C30H28F3N7O. The van der Waals surface area contributed by atoms with Crippen molar-refractivity contribution < 1.29 is 17.9 Å². The number of pyridine rings is 1. The molecule has 0 atom stereocenters. The summed E-state index contributed by atoms with van der Waals surface area (Å²) >= 11 is 0. The van der Waals surface area contributed by atoms with E-state index in [0.29, 0.717) is 41.2 Å². The topological polar surface area (TPSA) is 91.8 Å². The monoisotopic (exact) mass is 559 g/mol. The fourth-order valence-corrected chi connectivity index (χ4v) is 4.49. The SMILES string of the molecule is CC(C)CN(Cc1ccccc1)c1cc(Nc2cccc(OC(F)(F)F)c2)cc(-c2ccccc2-c2nn[nH]n2)n1. The van der Waals surface area contributed by atoms with Crippen LogP contribution in [0.4, 0.5) is 30.4 Å². The van der Waals surface area contributed by atoms with Gasteiger partial charge in [0.2, 0.25) is 5.82 Å². The molecule has 210 valence electrons. The molecule has 0 unspecified atom stereocenters. The number of nitrogens with zero attached hydrogens (tertiary/aromatic N) is 5. The molecule has 0 fully saturated rings. The van der Waals surface area contributed by atoms with E-state index in [1.54, 1.807) is 6.07 Å². The third kappa shape index (κ3) is 7.38. The van der Waals surface area contributed by atoms with Gasteiger partial charge in [0.25, 0.3) is 0 Å². The van der Waals surface area contributed by atoms with E-state index >= 15 is 0 Å². The molecule has 8 nitrogen and oxygen atoms in total. The number of aromatic amines is 1. The predicted octanol–water partition coefficient (Wildman–Crippen LogP) is 7.23. The van der Waals surface area contributed by atoms with Crippen LogP contribution >= 0.6 is 0 Å². The van der Waals surface area contributed by atoms with Gasteiger partial charge in [-0.1, -0.05) is 74.5 Å². The molecule has 0 saturated heterocycles. The second kappa shape index (κ2) is 12.1. The van der Waals surface area contributed by atoms with E-state index in [0.717, 1.165) is 23.2 Å². The van der Waals surface area contributed by atoms with Gasteiger partial charge in [0.15, 0.2) is 0 Å². The summed E-state index contributed by atoms with van der Waals surface area (Å²) in [4.78, 5) is 7.25. The van der Waals surface area contributed by atoms with E-state index in [1.807, 2.05) is 54.6 Å². The summed E-state index contributed by atoms with van der Waals surface area (Å²) in [7, 11) is 0. The highest BCUT2D eigenvalue weighted by Gasteiger charge is 2.31. The van der Waals surface area contributed by atoms with Gasteiger partial charge >= 0.3 is 6.36 Å². The molecule has 5 aromatic rings. The molecule has 0 bridgehead atoms. The van der Waals surface area contributed by atoms with Gasteiger partial charge in [-0.2, -0.15) is 5.21 Å². The van der Waals surface area contributed by atoms with Crippen LogP contribution in [0, 0.1) is 5.92 Å². The lowest BCUT2D eigenvalue weighted by molar-refractivity contribution is -0.274. The first-order valence-corrected chi connectivity index (χ1v) is 13.0. The third-order valence-corrected chi connectivity index (χ3v) is 6.08. The Morgan fingerprint density at radius 1 is 0.878 bits per heavy atom. The first-order valence-electron chi connectivity index (χ1n) is 13.0. The summed E-state index contributed by atoms with van der Waals surface area (Å²) in [6.07, 6.45) is -4.79. The smallest absolute Gasteiger partial charge is 0.406 e. The number of hydrogen-bond acceptors (Lipinski definition) is 7. The number of benzene rings is 3. The summed E-state index contributed by atoms with van der Waals surface area (Å²) < 4.78 is 42.7. The molecular weight excluding hydrogens is 531 g/mol. The number of aromatic nitrogens is 5. The number of tetrazole rings is 1. The fraction of sp³-hybridized carbons (Fsp3) is 0.200. The van der Waals surface area contributed by atoms with E-state index in [1.165, 1.54) is 18.2 Å². The number of rotatable bonds is 10. The van der Waals surface area contributed by atoms with Crippen LogP contribution in [0.25, 0.3) is 22.6 Å². The Morgan fingerprint density at radius 2 is 1.63 bits per heavy atom. The van der Waals surface area contributed by atoms with E-state index < -0.39 is 6.36 Å². The molecule has 2 aromatic heterocycles. The van der Waals surface area contributed by atoms with Crippen molar-refractivity contribution in [2.75, 3.05) is 16.8 Å². The van der Waals surface area contributed by atoms with E-state index in [2.05, 4.69) is 61.6 Å². The van der Waals surface area contributed by atoms with Crippen LogP contribution in [0.5, 0.6) is 5.75 Å². The molecule has 0 aliphatic rings. The van der Waals surface area contributed by atoms with Crippen LogP contribution in [-0.4, -0.2) is 38.5 Å². The van der Waals surface area contributed by atoms with Gasteiger partial charge in [0.05, 0.1) is 5.69 Å². The maximum absolute atomic E-state index is 12.8. The third-order valence-electron chi connectivity index (χ3n) is 6.08. The lowest BCUT2D eigenvalue weighted by atomic mass is 10.0. The summed E-state index contributed by atoms with van der Waals surface area (Å²) in [6, 6.07) is 27.1. The van der Waals surface area contributed by atoms with Gasteiger partial charge in [-0.15, -0.1) is 23.4 Å². The van der Waals surface area contributed by atoms with Crippen molar-refractivity contribution in [1.82, 2.24) is 25.6 Å². The van der Waals surface area contributed by atoms with Crippen molar-refractivity contribution in [2.45, 2.75) is 26.8 Å². The Balaban J connectivity index is 1.59. The van der Waals surface area contributed by atoms with Gasteiger partial charge < -0.3 is 15.0 Å². The minimum Gasteiger partial charge on any atom is -0.406 e. The quantitative estimate of drug-likeness (QED) is 0.186. The standard InChI is InChI=1S/C30H28F3N7O/c1-20(2)18-40(19-21-9-4-3-5-10-21)28-17-23(34-22-11-8-12-24(15-22)41-30(31,32)33)16-27(35-28)25-13-6-7-14-26(25)29-36-38-39-37-29/h3-17,20H,18-19H2,1-2H3,(H,34,35)(H,36,37,38,39). The van der Waals surface area contributed by atoms with Crippen LogP contribution in [0.1, 0.15) is 19.4 Å². The van der Waals surface area contributed by atoms with Crippen molar-refractivity contribution in [2.24, 2.45) is 5.92 Å². The van der Waals surface area contributed by atoms with E-state index in [9.17, 15) is 13.2 Å². The van der Waals surface area contributed by atoms with Crippen LogP contribution in [0.2, 0.25) is 0 Å². The molecule has 2 N–H and O–H groups in total. The molecule has 41 heavy (non-hydrogen) atoms. The number of alkyl halides is 3. The number of halogens is 3.